The Balaban J connectivity index is 1.59. The Kier molecular flexibility index (Phi) is 4.76. The highest BCUT2D eigenvalue weighted by Gasteiger charge is 2.34. The molecule has 0 unspecified atom stereocenters. The number of furan rings is 1. The van der Waals surface area contributed by atoms with Crippen molar-refractivity contribution in [1.29, 1.82) is 0 Å². The van der Waals surface area contributed by atoms with E-state index in [1.54, 1.807) is 36.7 Å². The minimum atomic E-state index is -0.391. The topological polar surface area (TPSA) is 92.5 Å². The van der Waals surface area contributed by atoms with Crippen LogP contribution in [0.5, 0.6) is 0 Å². The van der Waals surface area contributed by atoms with Crippen molar-refractivity contribution in [2.75, 3.05) is 13.1 Å². The van der Waals surface area contributed by atoms with E-state index < -0.39 is 5.91 Å². The molecule has 1 aliphatic rings. The third-order valence-electron chi connectivity index (χ3n) is 3.22. The number of pyridine rings is 1. The number of imide groups is 1. The third-order valence-corrected chi connectivity index (χ3v) is 4.13. The summed E-state index contributed by atoms with van der Waals surface area (Å²) in [4.78, 5) is 41.4. The van der Waals surface area contributed by atoms with Crippen LogP contribution < -0.4 is 5.32 Å². The Hall–Kier alpha value is -2.87. The number of carbonyl (C=O) groups is 3. The highest BCUT2D eigenvalue weighted by molar-refractivity contribution is 8.18. The zero-order valence-electron chi connectivity index (χ0n) is 12.5. The number of hydrogen-bond acceptors (Lipinski definition) is 6. The highest BCUT2D eigenvalue weighted by atomic mass is 32.2. The van der Waals surface area contributed by atoms with E-state index in [1.807, 2.05) is 0 Å². The van der Waals surface area contributed by atoms with E-state index in [0.717, 1.165) is 22.2 Å². The molecule has 0 radical (unpaired) electrons. The molecule has 1 aliphatic heterocycles. The molecule has 0 bridgehead atoms. The van der Waals surface area contributed by atoms with E-state index in [0.29, 0.717) is 4.91 Å². The van der Waals surface area contributed by atoms with Crippen LogP contribution in [0.25, 0.3) is 6.08 Å². The molecule has 24 heavy (non-hydrogen) atoms. The van der Waals surface area contributed by atoms with Crippen LogP contribution >= 0.6 is 11.8 Å². The Bertz CT molecular complexity index is 787. The van der Waals surface area contributed by atoms with Gasteiger partial charge in [0.2, 0.25) is 0 Å². The quantitative estimate of drug-likeness (QED) is 0.836. The molecule has 1 N–H and O–H groups in total. The van der Waals surface area contributed by atoms with Crippen LogP contribution in [0.4, 0.5) is 4.79 Å². The molecule has 7 nitrogen and oxygen atoms in total. The molecule has 0 aromatic carbocycles. The van der Waals surface area contributed by atoms with Crippen molar-refractivity contribution < 1.29 is 18.8 Å². The molecule has 2 aromatic heterocycles. The van der Waals surface area contributed by atoms with E-state index in [1.165, 1.54) is 12.3 Å². The van der Waals surface area contributed by atoms with Crippen LogP contribution in [-0.2, 0) is 4.79 Å². The lowest BCUT2D eigenvalue weighted by molar-refractivity contribution is -0.122. The number of carbonyl (C=O) groups excluding carboxylic acids is 3. The molecule has 2 aromatic rings. The highest BCUT2D eigenvalue weighted by Crippen LogP contribution is 2.31. The fraction of sp³-hybridized carbons (Fsp3) is 0.125. The van der Waals surface area contributed by atoms with E-state index in [2.05, 4.69) is 10.3 Å². The summed E-state index contributed by atoms with van der Waals surface area (Å²) in [6.45, 7) is 0.249. The Morgan fingerprint density at radius 3 is 2.92 bits per heavy atom. The minimum Gasteiger partial charge on any atom is -0.459 e. The summed E-state index contributed by atoms with van der Waals surface area (Å²) < 4.78 is 4.96. The first-order chi connectivity index (χ1) is 11.6. The van der Waals surface area contributed by atoms with Gasteiger partial charge in [-0.15, -0.1) is 0 Å². The van der Waals surface area contributed by atoms with E-state index >= 15 is 0 Å². The van der Waals surface area contributed by atoms with Gasteiger partial charge in [0.1, 0.15) is 0 Å². The molecule has 0 spiro atoms. The number of thioether (sulfide) groups is 1. The summed E-state index contributed by atoms with van der Waals surface area (Å²) in [6.07, 6.45) is 6.26. The number of aromatic nitrogens is 1. The lowest BCUT2D eigenvalue weighted by Crippen LogP contribution is -2.37. The molecule has 0 aliphatic carbocycles. The number of rotatable bonds is 5. The number of nitrogens with one attached hydrogen (secondary N) is 1. The predicted octanol–water partition coefficient (Wildman–Crippen LogP) is 2.14. The summed E-state index contributed by atoms with van der Waals surface area (Å²) in [7, 11) is 0. The summed E-state index contributed by atoms with van der Waals surface area (Å²) in [6, 6.07) is 6.69. The average Bonchev–Trinajstić information content (AvgIpc) is 3.20. The van der Waals surface area contributed by atoms with Gasteiger partial charge in [-0.05, 0) is 41.6 Å². The van der Waals surface area contributed by atoms with Gasteiger partial charge in [-0.25, -0.2) is 0 Å². The van der Waals surface area contributed by atoms with Crippen LogP contribution in [0.2, 0.25) is 0 Å². The summed E-state index contributed by atoms with van der Waals surface area (Å²) in [5, 5.41) is 2.24. The first kappa shape index (κ1) is 16.0. The lowest BCUT2D eigenvalue weighted by Gasteiger charge is -2.12. The van der Waals surface area contributed by atoms with Crippen molar-refractivity contribution in [1.82, 2.24) is 15.2 Å². The van der Waals surface area contributed by atoms with Gasteiger partial charge in [-0.3, -0.25) is 24.3 Å². The second kappa shape index (κ2) is 7.14. The van der Waals surface area contributed by atoms with Gasteiger partial charge in [0, 0.05) is 25.5 Å². The minimum absolute atomic E-state index is 0.0987. The molecule has 3 heterocycles. The smallest absolute Gasteiger partial charge is 0.293 e. The normalized spacial score (nSPS) is 16.0. The van der Waals surface area contributed by atoms with Crippen molar-refractivity contribution >= 4 is 34.9 Å². The van der Waals surface area contributed by atoms with Crippen molar-refractivity contribution in [2.45, 2.75) is 0 Å². The Morgan fingerprint density at radius 1 is 1.33 bits per heavy atom. The van der Waals surface area contributed by atoms with Crippen LogP contribution in [-0.4, -0.2) is 40.0 Å². The Morgan fingerprint density at radius 2 is 2.21 bits per heavy atom. The third kappa shape index (κ3) is 3.54. The second-order valence-corrected chi connectivity index (χ2v) is 5.85. The molecule has 122 valence electrons. The number of nitrogens with zero attached hydrogens (tertiary/aromatic N) is 2. The van der Waals surface area contributed by atoms with Crippen molar-refractivity contribution in [3.63, 3.8) is 0 Å². The van der Waals surface area contributed by atoms with Gasteiger partial charge >= 0.3 is 0 Å². The lowest BCUT2D eigenvalue weighted by atomic mass is 10.2. The Labute approximate surface area is 141 Å². The van der Waals surface area contributed by atoms with Crippen LogP contribution in [0, 0.1) is 0 Å². The molecule has 1 saturated heterocycles. The first-order valence-corrected chi connectivity index (χ1v) is 7.94. The molecule has 3 rings (SSSR count). The van der Waals surface area contributed by atoms with Crippen LogP contribution in [0.15, 0.2) is 52.2 Å². The monoisotopic (exact) mass is 343 g/mol. The van der Waals surface area contributed by atoms with Crippen LogP contribution in [0.3, 0.4) is 0 Å². The standard InChI is InChI=1S/C16H13N3O4S/c20-14(12-4-2-8-23-12)18-6-7-19-15(21)13(24-16(19)22)9-11-3-1-5-17-10-11/h1-5,8-10H,6-7H2,(H,18,20)/b13-9+. The number of amides is 3. The van der Waals surface area contributed by atoms with Crippen molar-refractivity contribution in [3.8, 4) is 0 Å². The van der Waals surface area contributed by atoms with E-state index in [9.17, 15) is 14.4 Å². The van der Waals surface area contributed by atoms with Gasteiger partial charge in [-0.1, -0.05) is 6.07 Å². The molecule has 8 heteroatoms. The van der Waals surface area contributed by atoms with Crippen LogP contribution in [0.1, 0.15) is 16.1 Å². The van der Waals surface area contributed by atoms with E-state index in [4.69, 9.17) is 4.42 Å². The van der Waals surface area contributed by atoms with Gasteiger partial charge < -0.3 is 9.73 Å². The van der Waals surface area contributed by atoms with E-state index in [-0.39, 0.29) is 30.0 Å². The maximum absolute atomic E-state index is 12.3. The maximum atomic E-state index is 12.3. The number of hydrogen-bond donors (Lipinski definition) is 1. The zero-order valence-corrected chi connectivity index (χ0v) is 13.3. The fourth-order valence-electron chi connectivity index (χ4n) is 2.08. The fourth-order valence-corrected chi connectivity index (χ4v) is 2.95. The predicted molar refractivity (Wildman–Crippen MR) is 88.0 cm³/mol. The first-order valence-electron chi connectivity index (χ1n) is 7.12. The van der Waals surface area contributed by atoms with Crippen molar-refractivity contribution in [2.24, 2.45) is 0 Å². The second-order valence-electron chi connectivity index (χ2n) is 4.85. The van der Waals surface area contributed by atoms with Gasteiger partial charge in [0.15, 0.2) is 5.76 Å². The summed E-state index contributed by atoms with van der Waals surface area (Å²) in [5.41, 5.74) is 0.745. The maximum Gasteiger partial charge on any atom is 0.293 e. The molecule has 0 saturated carbocycles. The summed E-state index contributed by atoms with van der Waals surface area (Å²) >= 11 is 0.873. The molecule has 0 atom stereocenters. The van der Waals surface area contributed by atoms with Gasteiger partial charge in [-0.2, -0.15) is 0 Å². The molecule has 3 amide bonds. The van der Waals surface area contributed by atoms with Crippen molar-refractivity contribution in [3.05, 3.63) is 59.2 Å². The SMILES string of the molecule is O=C(NCCN1C(=O)S/C(=C/c2cccnc2)C1=O)c1ccco1. The largest absolute Gasteiger partial charge is 0.459 e. The van der Waals surface area contributed by atoms with Gasteiger partial charge in [0.05, 0.1) is 11.2 Å². The van der Waals surface area contributed by atoms with Gasteiger partial charge in [0.25, 0.3) is 17.1 Å². The molecular weight excluding hydrogens is 330 g/mol. The summed E-state index contributed by atoms with van der Waals surface area (Å²) in [5.74, 6) is -0.584. The average molecular weight is 343 g/mol. The molecular formula is C16H13N3O4S. The zero-order chi connectivity index (χ0) is 16.9. The molecule has 1 fully saturated rings.